The molecule has 1 saturated carbocycles. The molecule has 0 aliphatic heterocycles. The Labute approximate surface area is 153 Å². The third-order valence-corrected chi connectivity index (χ3v) is 5.85. The van der Waals surface area contributed by atoms with E-state index >= 15 is 0 Å². The van der Waals surface area contributed by atoms with Gasteiger partial charge in [0.05, 0.1) is 0 Å². The van der Waals surface area contributed by atoms with Crippen molar-refractivity contribution in [1.82, 2.24) is 20.8 Å². The molecule has 3 rings (SSSR count). The number of thiophene rings is 1. The Morgan fingerprint density at radius 3 is 2.80 bits per heavy atom. The molecule has 2 N–H and O–H groups in total. The van der Waals surface area contributed by atoms with Crippen LogP contribution in [0.3, 0.4) is 0 Å². The van der Waals surface area contributed by atoms with Gasteiger partial charge < -0.3 is 15.2 Å². The van der Waals surface area contributed by atoms with Crippen LogP contribution in [0.4, 0.5) is 0 Å². The second-order valence-electron chi connectivity index (χ2n) is 6.60. The summed E-state index contributed by atoms with van der Waals surface area (Å²) in [4.78, 5) is 10.3. The highest BCUT2D eigenvalue weighted by Gasteiger charge is 2.34. The third kappa shape index (κ3) is 4.60. The standard InChI is InChI=1S/C18H27N5OS/c1-3-19-17(20-12-16-22-14(2)23-24-16)21-13-18(9-5-4-6-10-18)15-8-7-11-25-15/h7-8,11H,3-6,9-10,12-13H2,1-2H3,(H2,19,20,21). The molecule has 2 aromatic heterocycles. The van der Waals surface area contributed by atoms with Crippen molar-refractivity contribution in [1.29, 1.82) is 0 Å². The van der Waals surface area contributed by atoms with E-state index in [4.69, 9.17) is 4.52 Å². The fourth-order valence-corrected chi connectivity index (χ4v) is 4.45. The topological polar surface area (TPSA) is 75.3 Å². The van der Waals surface area contributed by atoms with Crippen LogP contribution in [0.1, 0.15) is 55.6 Å². The van der Waals surface area contributed by atoms with Gasteiger partial charge in [0.25, 0.3) is 0 Å². The minimum absolute atomic E-state index is 0.226. The van der Waals surface area contributed by atoms with E-state index in [1.165, 1.54) is 37.0 Å². The fraction of sp³-hybridized carbons (Fsp3) is 0.611. The molecule has 2 aromatic rings. The number of aryl methyl sites for hydroxylation is 1. The van der Waals surface area contributed by atoms with Crippen LogP contribution in [0.5, 0.6) is 0 Å². The Hall–Kier alpha value is -1.89. The van der Waals surface area contributed by atoms with E-state index in [9.17, 15) is 0 Å². The van der Waals surface area contributed by atoms with E-state index in [2.05, 4.69) is 50.2 Å². The molecule has 0 saturated heterocycles. The van der Waals surface area contributed by atoms with Crippen molar-refractivity contribution in [3.8, 4) is 0 Å². The van der Waals surface area contributed by atoms with E-state index in [1.807, 2.05) is 18.3 Å². The van der Waals surface area contributed by atoms with Crippen molar-refractivity contribution < 1.29 is 4.52 Å². The lowest BCUT2D eigenvalue weighted by molar-refractivity contribution is 0.296. The first kappa shape index (κ1) is 17.9. The van der Waals surface area contributed by atoms with Crippen LogP contribution in [0, 0.1) is 6.92 Å². The molecule has 1 fully saturated rings. The highest BCUT2D eigenvalue weighted by Crippen LogP contribution is 2.41. The zero-order valence-electron chi connectivity index (χ0n) is 15.0. The van der Waals surface area contributed by atoms with Gasteiger partial charge in [-0.05, 0) is 38.1 Å². The molecule has 0 unspecified atom stereocenters. The van der Waals surface area contributed by atoms with Crippen LogP contribution in [0.25, 0.3) is 0 Å². The van der Waals surface area contributed by atoms with Crippen LogP contribution in [-0.4, -0.2) is 29.2 Å². The maximum absolute atomic E-state index is 5.14. The number of nitrogens with one attached hydrogen (secondary N) is 2. The van der Waals surface area contributed by atoms with Crippen LogP contribution < -0.4 is 10.6 Å². The first-order valence-electron chi connectivity index (χ1n) is 9.07. The van der Waals surface area contributed by atoms with Gasteiger partial charge in [-0.2, -0.15) is 4.98 Å². The molecule has 6 nitrogen and oxygen atoms in total. The monoisotopic (exact) mass is 361 g/mol. The Bertz CT molecular complexity index is 673. The normalized spacial score (nSPS) is 17.4. The molecule has 1 aliphatic rings. The van der Waals surface area contributed by atoms with E-state index in [0.717, 1.165) is 19.0 Å². The zero-order chi connectivity index (χ0) is 17.5. The van der Waals surface area contributed by atoms with E-state index in [1.54, 1.807) is 0 Å². The SMILES string of the molecule is CCNC(=NCc1nc(C)no1)NCC1(c2cccs2)CCCCC1. The predicted molar refractivity (Wildman–Crippen MR) is 101 cm³/mol. The summed E-state index contributed by atoms with van der Waals surface area (Å²) in [6.45, 7) is 6.00. The summed E-state index contributed by atoms with van der Waals surface area (Å²) < 4.78 is 5.14. The fourth-order valence-electron chi connectivity index (χ4n) is 3.46. The smallest absolute Gasteiger partial charge is 0.248 e. The summed E-state index contributed by atoms with van der Waals surface area (Å²) in [6.07, 6.45) is 6.42. The summed E-state index contributed by atoms with van der Waals surface area (Å²) in [7, 11) is 0. The van der Waals surface area contributed by atoms with Crippen LogP contribution in [-0.2, 0) is 12.0 Å². The van der Waals surface area contributed by atoms with Gasteiger partial charge in [0.15, 0.2) is 11.8 Å². The highest BCUT2D eigenvalue weighted by atomic mass is 32.1. The van der Waals surface area contributed by atoms with Gasteiger partial charge in [-0.25, -0.2) is 4.99 Å². The number of guanidine groups is 1. The molecule has 25 heavy (non-hydrogen) atoms. The molecule has 0 atom stereocenters. The molecule has 0 radical (unpaired) electrons. The van der Waals surface area contributed by atoms with Gasteiger partial charge in [0.2, 0.25) is 5.89 Å². The maximum atomic E-state index is 5.14. The second-order valence-corrected chi connectivity index (χ2v) is 7.55. The van der Waals surface area contributed by atoms with E-state index in [-0.39, 0.29) is 5.41 Å². The lowest BCUT2D eigenvalue weighted by atomic mass is 9.73. The number of hydrogen-bond donors (Lipinski definition) is 2. The lowest BCUT2D eigenvalue weighted by Crippen LogP contribution is -2.46. The van der Waals surface area contributed by atoms with E-state index in [0.29, 0.717) is 18.3 Å². The van der Waals surface area contributed by atoms with Gasteiger partial charge in [-0.15, -0.1) is 11.3 Å². The minimum Gasteiger partial charge on any atom is -0.357 e. The quantitative estimate of drug-likeness (QED) is 0.609. The van der Waals surface area contributed by atoms with Crippen molar-refractivity contribution in [3.63, 3.8) is 0 Å². The zero-order valence-corrected chi connectivity index (χ0v) is 15.9. The summed E-state index contributed by atoms with van der Waals surface area (Å²) in [5.41, 5.74) is 0.226. The molecular formula is C18H27N5OS. The summed E-state index contributed by atoms with van der Waals surface area (Å²) in [5, 5.41) is 12.9. The van der Waals surface area contributed by atoms with Crippen LogP contribution in [0.2, 0.25) is 0 Å². The van der Waals surface area contributed by atoms with Gasteiger partial charge in [-0.1, -0.05) is 30.5 Å². The molecule has 0 amide bonds. The average molecular weight is 362 g/mol. The molecule has 136 valence electrons. The number of aliphatic imine (C=N–C) groups is 1. The largest absolute Gasteiger partial charge is 0.357 e. The predicted octanol–water partition coefficient (Wildman–Crippen LogP) is 3.40. The van der Waals surface area contributed by atoms with Crippen molar-refractivity contribution in [2.75, 3.05) is 13.1 Å². The Morgan fingerprint density at radius 1 is 1.32 bits per heavy atom. The molecule has 1 aliphatic carbocycles. The van der Waals surface area contributed by atoms with Crippen molar-refractivity contribution in [2.24, 2.45) is 4.99 Å². The Balaban J connectivity index is 1.68. The van der Waals surface area contributed by atoms with Gasteiger partial charge in [0, 0.05) is 23.4 Å². The summed E-state index contributed by atoms with van der Waals surface area (Å²) in [5.74, 6) is 1.99. The van der Waals surface area contributed by atoms with Crippen LogP contribution >= 0.6 is 11.3 Å². The summed E-state index contributed by atoms with van der Waals surface area (Å²) in [6, 6.07) is 4.44. The van der Waals surface area contributed by atoms with Crippen LogP contribution in [0.15, 0.2) is 27.0 Å². The van der Waals surface area contributed by atoms with E-state index < -0.39 is 0 Å². The minimum atomic E-state index is 0.226. The summed E-state index contributed by atoms with van der Waals surface area (Å²) >= 11 is 1.87. The molecule has 0 spiro atoms. The Morgan fingerprint density at radius 2 is 2.16 bits per heavy atom. The highest BCUT2D eigenvalue weighted by molar-refractivity contribution is 7.10. The van der Waals surface area contributed by atoms with Gasteiger partial charge in [-0.3, -0.25) is 0 Å². The number of rotatable bonds is 6. The van der Waals surface area contributed by atoms with Gasteiger partial charge >= 0.3 is 0 Å². The van der Waals surface area contributed by atoms with Crippen molar-refractivity contribution >= 4 is 17.3 Å². The third-order valence-electron chi connectivity index (χ3n) is 4.74. The molecule has 2 heterocycles. The van der Waals surface area contributed by atoms with Gasteiger partial charge in [0.1, 0.15) is 6.54 Å². The molecule has 0 bridgehead atoms. The van der Waals surface area contributed by atoms with Crippen molar-refractivity contribution in [3.05, 3.63) is 34.1 Å². The van der Waals surface area contributed by atoms with Crippen molar-refractivity contribution in [2.45, 2.75) is 57.9 Å². The number of nitrogens with zero attached hydrogens (tertiary/aromatic N) is 3. The first-order chi connectivity index (χ1) is 12.2. The molecule has 0 aromatic carbocycles. The second kappa shape index (κ2) is 8.47. The average Bonchev–Trinajstić information content (AvgIpc) is 3.30. The lowest BCUT2D eigenvalue weighted by Gasteiger charge is -2.37. The number of hydrogen-bond acceptors (Lipinski definition) is 5. The molecule has 7 heteroatoms. The molecular weight excluding hydrogens is 334 g/mol. The Kier molecular flexibility index (Phi) is 6.07. The maximum Gasteiger partial charge on any atom is 0.248 e. The first-order valence-corrected chi connectivity index (χ1v) is 9.95. The number of aromatic nitrogens is 2.